The second-order valence-electron chi connectivity index (χ2n) is 8.85. The average molecular weight is 526 g/mol. The third-order valence-corrected chi connectivity index (χ3v) is 7.47. The lowest BCUT2D eigenvalue weighted by Crippen LogP contribution is -2.57. The Labute approximate surface area is 216 Å². The molecule has 186 valence electrons. The van der Waals surface area contributed by atoms with Crippen LogP contribution in [-0.2, 0) is 0 Å². The van der Waals surface area contributed by atoms with E-state index in [0.717, 1.165) is 10.6 Å². The van der Waals surface area contributed by atoms with Crippen molar-refractivity contribution in [1.29, 1.82) is 0 Å². The molecule has 1 spiro atoms. The van der Waals surface area contributed by atoms with Gasteiger partial charge in [-0.2, -0.15) is 0 Å². The van der Waals surface area contributed by atoms with Crippen LogP contribution in [0.1, 0.15) is 39.4 Å². The van der Waals surface area contributed by atoms with Gasteiger partial charge in [-0.15, -0.1) is 11.3 Å². The Balaban J connectivity index is 1.17. The predicted octanol–water partition coefficient (Wildman–Crippen LogP) is 2.09. The van der Waals surface area contributed by atoms with Gasteiger partial charge in [0.2, 0.25) is 0 Å². The summed E-state index contributed by atoms with van der Waals surface area (Å²) in [6, 6.07) is 8.09. The van der Waals surface area contributed by atoms with Crippen molar-refractivity contribution in [2.45, 2.75) is 25.3 Å². The van der Waals surface area contributed by atoms with Crippen molar-refractivity contribution >= 4 is 52.3 Å². The number of likely N-dealkylation sites (tertiary alicyclic amines) is 1. The highest BCUT2D eigenvalue weighted by molar-refractivity contribution is 7.13. The van der Waals surface area contributed by atoms with Crippen LogP contribution in [0.2, 0.25) is 5.15 Å². The molecule has 36 heavy (non-hydrogen) atoms. The van der Waals surface area contributed by atoms with Gasteiger partial charge in [-0.05, 0) is 19.8 Å². The van der Waals surface area contributed by atoms with Crippen LogP contribution in [-0.4, -0.2) is 62.8 Å². The van der Waals surface area contributed by atoms with Crippen LogP contribution in [0, 0.1) is 6.92 Å². The first-order chi connectivity index (χ1) is 17.2. The highest BCUT2D eigenvalue weighted by Crippen LogP contribution is 2.29. The number of hydrogen-bond acceptors (Lipinski definition) is 10. The number of guanidine groups is 1. The fraction of sp³-hybridized carbons (Fsp3) is 0.304. The number of carbonyl (C=O) groups is 2. The highest BCUT2D eigenvalue weighted by atomic mass is 35.5. The molecule has 0 atom stereocenters. The van der Waals surface area contributed by atoms with Crippen LogP contribution in [0.25, 0.3) is 10.6 Å². The molecular formula is C23H24ClN9O2S. The first-order valence-corrected chi connectivity index (χ1v) is 12.5. The number of aromatic nitrogens is 3. The number of aryl methyl sites for hydroxylation is 1. The van der Waals surface area contributed by atoms with Crippen molar-refractivity contribution in [3.8, 4) is 10.6 Å². The molecule has 4 heterocycles. The zero-order valence-electron chi connectivity index (χ0n) is 19.4. The van der Waals surface area contributed by atoms with E-state index in [4.69, 9.17) is 23.1 Å². The second-order valence-corrected chi connectivity index (χ2v) is 10.1. The molecule has 1 saturated heterocycles. The van der Waals surface area contributed by atoms with Crippen LogP contribution in [0.15, 0.2) is 34.6 Å². The van der Waals surface area contributed by atoms with E-state index in [9.17, 15) is 9.59 Å². The van der Waals surface area contributed by atoms with Crippen molar-refractivity contribution in [2.24, 2.45) is 4.99 Å². The predicted molar refractivity (Wildman–Crippen MR) is 139 cm³/mol. The average Bonchev–Trinajstić information content (AvgIpc) is 3.50. The summed E-state index contributed by atoms with van der Waals surface area (Å²) in [7, 11) is 0. The van der Waals surface area contributed by atoms with E-state index in [-0.39, 0.29) is 33.9 Å². The second kappa shape index (κ2) is 9.36. The summed E-state index contributed by atoms with van der Waals surface area (Å²) in [5, 5.41) is 8.50. The third-order valence-electron chi connectivity index (χ3n) is 6.30. The summed E-state index contributed by atoms with van der Waals surface area (Å²) in [5.74, 6) is -0.531. The van der Waals surface area contributed by atoms with Crippen molar-refractivity contribution < 1.29 is 9.59 Å². The number of carbonyl (C=O) groups excluding carboxylic acids is 2. The topological polar surface area (TPSA) is 165 Å². The molecule has 0 radical (unpaired) electrons. The summed E-state index contributed by atoms with van der Waals surface area (Å²) < 4.78 is 0. The van der Waals surface area contributed by atoms with Crippen LogP contribution in [0.4, 0.5) is 11.6 Å². The van der Waals surface area contributed by atoms with E-state index in [2.05, 4.69) is 30.6 Å². The largest absolute Gasteiger partial charge is 0.382 e. The number of amides is 2. The van der Waals surface area contributed by atoms with Crippen LogP contribution in [0.3, 0.4) is 0 Å². The molecule has 0 unspecified atom stereocenters. The van der Waals surface area contributed by atoms with Crippen molar-refractivity contribution in [3.63, 3.8) is 0 Å². The standard InChI is InChI=1S/C23H24ClN9O2S/c1-12-2-4-13(5-3-12)20-28-14(10-36-20)21(35)33-8-6-23(7-9-33)11-27-22(32-23)31-19(34)15-17(25)30-18(26)16(24)29-15/h2-5,10H,6-9,11H2,1H3,(H4,25,26,30)(H2,27,31,32,34). The molecule has 11 nitrogen and oxygen atoms in total. The summed E-state index contributed by atoms with van der Waals surface area (Å²) in [4.78, 5) is 44.2. The number of anilines is 2. The summed E-state index contributed by atoms with van der Waals surface area (Å²) in [5.41, 5.74) is 13.5. The zero-order chi connectivity index (χ0) is 25.4. The van der Waals surface area contributed by atoms with Crippen LogP contribution >= 0.6 is 22.9 Å². The lowest BCUT2D eigenvalue weighted by Gasteiger charge is -2.39. The number of hydrogen-bond donors (Lipinski definition) is 4. The Bertz CT molecular complexity index is 1360. The van der Waals surface area contributed by atoms with E-state index in [1.165, 1.54) is 16.9 Å². The van der Waals surface area contributed by atoms with Crippen molar-refractivity contribution in [2.75, 3.05) is 31.1 Å². The first-order valence-electron chi connectivity index (χ1n) is 11.3. The number of aliphatic imine (C=N–C) groups is 1. The van der Waals surface area contributed by atoms with Gasteiger partial charge < -0.3 is 21.7 Å². The highest BCUT2D eigenvalue weighted by Gasteiger charge is 2.40. The van der Waals surface area contributed by atoms with Gasteiger partial charge in [0.1, 0.15) is 10.7 Å². The van der Waals surface area contributed by atoms with Gasteiger partial charge in [0.05, 0.1) is 12.1 Å². The quantitative estimate of drug-likeness (QED) is 0.403. The Morgan fingerprint density at radius 2 is 1.83 bits per heavy atom. The number of nitrogens with zero attached hydrogens (tertiary/aromatic N) is 5. The number of nitrogens with one attached hydrogen (secondary N) is 2. The molecule has 0 saturated carbocycles. The van der Waals surface area contributed by atoms with Gasteiger partial charge in [-0.1, -0.05) is 41.4 Å². The van der Waals surface area contributed by atoms with Gasteiger partial charge in [0.15, 0.2) is 28.4 Å². The minimum atomic E-state index is -0.592. The molecule has 6 N–H and O–H groups in total. The monoisotopic (exact) mass is 525 g/mol. The van der Waals surface area contributed by atoms with Crippen molar-refractivity contribution in [3.05, 3.63) is 51.7 Å². The Hall–Kier alpha value is -3.77. The Morgan fingerprint density at radius 1 is 1.11 bits per heavy atom. The zero-order valence-corrected chi connectivity index (χ0v) is 21.0. The van der Waals surface area contributed by atoms with Crippen LogP contribution in [0.5, 0.6) is 0 Å². The van der Waals surface area contributed by atoms with E-state index < -0.39 is 5.91 Å². The van der Waals surface area contributed by atoms with Gasteiger partial charge >= 0.3 is 0 Å². The molecule has 5 rings (SSSR count). The molecule has 2 aromatic heterocycles. The maximum absolute atomic E-state index is 13.1. The SMILES string of the molecule is Cc1ccc(-c2nc(C(=O)N3CCC4(CC3)CN=C(NC(=O)c3nc(Cl)c(N)nc3N)N4)cs2)cc1. The van der Waals surface area contributed by atoms with E-state index in [1.54, 1.807) is 0 Å². The maximum Gasteiger partial charge on any atom is 0.280 e. The fourth-order valence-electron chi connectivity index (χ4n) is 4.19. The molecule has 0 bridgehead atoms. The van der Waals surface area contributed by atoms with Crippen LogP contribution < -0.4 is 22.1 Å². The number of piperidine rings is 1. The third kappa shape index (κ3) is 4.69. The molecule has 13 heteroatoms. The van der Waals surface area contributed by atoms with E-state index in [0.29, 0.717) is 44.1 Å². The summed E-state index contributed by atoms with van der Waals surface area (Å²) in [6.07, 6.45) is 1.35. The van der Waals surface area contributed by atoms with Gasteiger partial charge in [0.25, 0.3) is 11.8 Å². The smallest absolute Gasteiger partial charge is 0.280 e. The summed E-state index contributed by atoms with van der Waals surface area (Å²) >= 11 is 7.33. The molecule has 2 aliphatic rings. The van der Waals surface area contributed by atoms with Crippen molar-refractivity contribution in [1.82, 2.24) is 30.5 Å². The normalized spacial score (nSPS) is 16.5. The number of thiazole rings is 1. The number of rotatable bonds is 3. The lowest BCUT2D eigenvalue weighted by molar-refractivity contribution is 0.0663. The Morgan fingerprint density at radius 3 is 2.56 bits per heavy atom. The lowest BCUT2D eigenvalue weighted by atomic mass is 9.88. The number of halogens is 1. The molecule has 1 fully saturated rings. The number of benzene rings is 1. The number of nitrogens with two attached hydrogens (primary N) is 2. The minimum Gasteiger partial charge on any atom is -0.382 e. The first kappa shape index (κ1) is 23.9. The molecule has 3 aromatic rings. The molecule has 2 aliphatic heterocycles. The molecular weight excluding hydrogens is 502 g/mol. The van der Waals surface area contributed by atoms with Gasteiger partial charge in [0, 0.05) is 24.0 Å². The number of nitrogen functional groups attached to an aromatic ring is 2. The molecule has 0 aliphatic carbocycles. The summed E-state index contributed by atoms with van der Waals surface area (Å²) in [6.45, 7) is 3.60. The van der Waals surface area contributed by atoms with Gasteiger partial charge in [-0.3, -0.25) is 19.9 Å². The van der Waals surface area contributed by atoms with Gasteiger partial charge in [-0.25, -0.2) is 15.0 Å². The molecule has 2 amide bonds. The molecule has 1 aromatic carbocycles. The fourth-order valence-corrected chi connectivity index (χ4v) is 5.12. The van der Waals surface area contributed by atoms with E-state index in [1.807, 2.05) is 41.5 Å². The maximum atomic E-state index is 13.1. The van der Waals surface area contributed by atoms with E-state index >= 15 is 0 Å². The Kier molecular flexibility index (Phi) is 6.22. The minimum absolute atomic E-state index is 0.0497.